The van der Waals surface area contributed by atoms with Crippen molar-refractivity contribution in [3.8, 4) is 0 Å². The molecule has 0 unspecified atom stereocenters. The average molecular weight is 513 g/mol. The third-order valence-corrected chi connectivity index (χ3v) is 7.26. The molecule has 6 heteroatoms. The highest BCUT2D eigenvalue weighted by molar-refractivity contribution is 7.99. The normalized spacial score (nSPS) is 14.9. The Kier molecular flexibility index (Phi) is 6.45. The van der Waals surface area contributed by atoms with Crippen LogP contribution in [-0.2, 0) is 14.9 Å². The number of rotatable bonds is 4. The number of esters is 1. The summed E-state index contributed by atoms with van der Waals surface area (Å²) in [6.07, 6.45) is 1.76. The molecule has 2 heterocycles. The highest BCUT2D eigenvalue weighted by Crippen LogP contribution is 2.34. The zero-order chi connectivity index (χ0) is 25.4. The number of para-hydroxylation sites is 1. The van der Waals surface area contributed by atoms with E-state index in [9.17, 15) is 4.79 Å². The van der Waals surface area contributed by atoms with Crippen LogP contribution in [0.1, 0.15) is 43.0 Å². The molecule has 3 aromatic carbocycles. The number of hydrogen-bond donors (Lipinski definition) is 0. The number of aliphatic imine (C=N–C) groups is 1. The average Bonchev–Trinajstić information content (AvgIpc) is 3.21. The highest BCUT2D eigenvalue weighted by atomic mass is 35.5. The van der Waals surface area contributed by atoms with Crippen molar-refractivity contribution in [3.05, 3.63) is 106 Å². The van der Waals surface area contributed by atoms with Crippen LogP contribution in [0, 0.1) is 6.92 Å². The van der Waals surface area contributed by atoms with Crippen LogP contribution < -0.4 is 0 Å². The van der Waals surface area contributed by atoms with Crippen molar-refractivity contribution >= 4 is 52.2 Å². The molecule has 0 saturated carbocycles. The third kappa shape index (κ3) is 5.08. The zero-order valence-corrected chi connectivity index (χ0v) is 22.1. The van der Waals surface area contributed by atoms with Gasteiger partial charge in [0.1, 0.15) is 5.03 Å². The first kappa shape index (κ1) is 24.3. The maximum Gasteiger partial charge on any atom is 0.363 e. The van der Waals surface area contributed by atoms with Gasteiger partial charge in [0, 0.05) is 26.4 Å². The number of pyridine rings is 1. The lowest BCUT2D eigenvalue weighted by atomic mass is 9.87. The smallest absolute Gasteiger partial charge is 0.363 e. The van der Waals surface area contributed by atoms with E-state index in [1.165, 1.54) is 17.3 Å². The summed E-state index contributed by atoms with van der Waals surface area (Å²) in [6, 6.07) is 23.7. The first-order chi connectivity index (χ1) is 17.2. The molecule has 1 aromatic heterocycles. The van der Waals surface area contributed by atoms with Crippen molar-refractivity contribution in [1.29, 1.82) is 0 Å². The summed E-state index contributed by atoms with van der Waals surface area (Å²) < 4.78 is 5.54. The van der Waals surface area contributed by atoms with Gasteiger partial charge in [-0.05, 0) is 72.0 Å². The molecule has 5 rings (SSSR count). The maximum atomic E-state index is 12.8. The molecule has 0 spiro atoms. The number of carbonyl (C=O) groups is 1. The minimum Gasteiger partial charge on any atom is -0.402 e. The van der Waals surface area contributed by atoms with Gasteiger partial charge >= 0.3 is 5.97 Å². The second kappa shape index (κ2) is 9.57. The number of nitrogens with zero attached hydrogens (tertiary/aromatic N) is 2. The van der Waals surface area contributed by atoms with E-state index in [-0.39, 0.29) is 11.1 Å². The van der Waals surface area contributed by atoms with Gasteiger partial charge in [-0.2, -0.15) is 0 Å². The quantitative estimate of drug-likeness (QED) is 0.205. The van der Waals surface area contributed by atoms with Crippen LogP contribution in [0.25, 0.3) is 17.0 Å². The van der Waals surface area contributed by atoms with E-state index in [0.29, 0.717) is 10.9 Å². The summed E-state index contributed by atoms with van der Waals surface area (Å²) in [6.45, 7) is 8.53. The third-order valence-electron chi connectivity index (χ3n) is 5.98. The Morgan fingerprint density at radius 3 is 2.39 bits per heavy atom. The molecule has 1 aliphatic heterocycles. The molecular formula is C30H25ClN2O2S. The van der Waals surface area contributed by atoms with E-state index in [1.807, 2.05) is 79.7 Å². The molecule has 36 heavy (non-hydrogen) atoms. The summed E-state index contributed by atoms with van der Waals surface area (Å²) in [7, 11) is 0. The van der Waals surface area contributed by atoms with Gasteiger partial charge in [0.25, 0.3) is 0 Å². The Hall–Kier alpha value is -3.41. The van der Waals surface area contributed by atoms with Gasteiger partial charge in [-0.3, -0.25) is 0 Å². The van der Waals surface area contributed by atoms with Crippen LogP contribution in [0.2, 0.25) is 5.02 Å². The van der Waals surface area contributed by atoms with Crippen molar-refractivity contribution in [2.45, 2.75) is 43.0 Å². The molecule has 0 saturated heterocycles. The van der Waals surface area contributed by atoms with Gasteiger partial charge in [-0.15, -0.1) is 0 Å². The van der Waals surface area contributed by atoms with Crippen molar-refractivity contribution < 1.29 is 9.53 Å². The van der Waals surface area contributed by atoms with Crippen molar-refractivity contribution in [2.75, 3.05) is 0 Å². The van der Waals surface area contributed by atoms with Gasteiger partial charge in [0.15, 0.2) is 5.70 Å². The number of benzene rings is 3. The Bertz CT molecular complexity index is 1530. The number of aryl methyl sites for hydroxylation is 1. The first-order valence-corrected chi connectivity index (χ1v) is 12.8. The molecule has 0 aliphatic carbocycles. The minimum absolute atomic E-state index is 0.0390. The van der Waals surface area contributed by atoms with Crippen LogP contribution in [0.15, 0.2) is 93.4 Å². The van der Waals surface area contributed by atoms with E-state index >= 15 is 0 Å². The number of cyclic esters (lactones) is 1. The monoisotopic (exact) mass is 512 g/mol. The Morgan fingerprint density at radius 2 is 1.69 bits per heavy atom. The molecule has 0 bridgehead atoms. The van der Waals surface area contributed by atoms with Crippen molar-refractivity contribution in [1.82, 2.24) is 4.98 Å². The van der Waals surface area contributed by atoms with Crippen LogP contribution in [-0.4, -0.2) is 16.9 Å². The van der Waals surface area contributed by atoms with Crippen LogP contribution >= 0.6 is 23.4 Å². The lowest BCUT2D eigenvalue weighted by Crippen LogP contribution is -2.11. The fourth-order valence-electron chi connectivity index (χ4n) is 3.94. The second-order valence-electron chi connectivity index (χ2n) is 9.75. The summed E-state index contributed by atoms with van der Waals surface area (Å²) in [5.74, 6) is -0.167. The van der Waals surface area contributed by atoms with Gasteiger partial charge < -0.3 is 4.74 Å². The fraction of sp³-hybridized carbons (Fsp3) is 0.167. The van der Waals surface area contributed by atoms with E-state index < -0.39 is 5.97 Å². The summed E-state index contributed by atoms with van der Waals surface area (Å²) >= 11 is 7.59. The predicted octanol–water partition coefficient (Wildman–Crippen LogP) is 7.99. The van der Waals surface area contributed by atoms with E-state index in [2.05, 4.69) is 25.8 Å². The Labute approximate surface area is 220 Å². The van der Waals surface area contributed by atoms with E-state index in [4.69, 9.17) is 21.3 Å². The molecular weight excluding hydrogens is 488 g/mol. The molecule has 4 nitrogen and oxygen atoms in total. The fourth-order valence-corrected chi connectivity index (χ4v) is 4.93. The van der Waals surface area contributed by atoms with Crippen molar-refractivity contribution in [3.63, 3.8) is 0 Å². The molecule has 4 aromatic rings. The number of carbonyl (C=O) groups excluding carboxylic acids is 1. The standard InChI is InChI=1S/C30H25ClN2O2S/c1-18-6-5-7-20-16-21(28(33-26(18)20)36-24-14-12-23(31)13-15-24)17-25-29(34)35-27(32-25)19-8-10-22(11-9-19)30(2,3)4/h5-17H,1-4H3/b25-17+. The van der Waals surface area contributed by atoms with Gasteiger partial charge in [-0.1, -0.05) is 74.5 Å². The Morgan fingerprint density at radius 1 is 0.972 bits per heavy atom. The van der Waals surface area contributed by atoms with Gasteiger partial charge in [0.05, 0.1) is 5.52 Å². The Balaban J connectivity index is 1.55. The molecule has 0 N–H and O–H groups in total. The highest BCUT2D eigenvalue weighted by Gasteiger charge is 2.25. The number of ether oxygens (including phenoxy) is 1. The lowest BCUT2D eigenvalue weighted by Gasteiger charge is -2.18. The lowest BCUT2D eigenvalue weighted by molar-refractivity contribution is -0.129. The van der Waals surface area contributed by atoms with Gasteiger partial charge in [0.2, 0.25) is 5.90 Å². The summed E-state index contributed by atoms with van der Waals surface area (Å²) in [5, 5.41) is 2.45. The molecule has 0 amide bonds. The number of halogens is 1. The molecule has 0 atom stereocenters. The van der Waals surface area contributed by atoms with Crippen LogP contribution in [0.4, 0.5) is 0 Å². The summed E-state index contributed by atoms with van der Waals surface area (Å²) in [5.41, 5.74) is 5.06. The van der Waals surface area contributed by atoms with Crippen molar-refractivity contribution in [2.24, 2.45) is 4.99 Å². The second-order valence-corrected chi connectivity index (χ2v) is 11.2. The predicted molar refractivity (Wildman–Crippen MR) is 148 cm³/mol. The number of hydrogen-bond acceptors (Lipinski definition) is 5. The first-order valence-electron chi connectivity index (χ1n) is 11.6. The maximum absolute atomic E-state index is 12.8. The van der Waals surface area contributed by atoms with Crippen LogP contribution in [0.5, 0.6) is 0 Å². The zero-order valence-electron chi connectivity index (χ0n) is 20.5. The van der Waals surface area contributed by atoms with Gasteiger partial charge in [-0.25, -0.2) is 14.8 Å². The van der Waals surface area contributed by atoms with Crippen LogP contribution in [0.3, 0.4) is 0 Å². The SMILES string of the molecule is Cc1cccc2cc(/C=C3/N=C(c4ccc(C(C)(C)C)cc4)OC3=O)c(Sc3ccc(Cl)cc3)nc12. The molecule has 0 radical (unpaired) electrons. The molecule has 0 fully saturated rings. The number of fused-ring (bicyclic) bond motifs is 1. The largest absolute Gasteiger partial charge is 0.402 e. The molecule has 1 aliphatic rings. The van der Waals surface area contributed by atoms with E-state index in [1.54, 1.807) is 6.08 Å². The minimum atomic E-state index is -0.475. The molecule has 180 valence electrons. The number of aromatic nitrogens is 1. The van der Waals surface area contributed by atoms with E-state index in [0.717, 1.165) is 37.5 Å². The summed E-state index contributed by atoms with van der Waals surface area (Å²) in [4.78, 5) is 23.3. The topological polar surface area (TPSA) is 51.5 Å².